The van der Waals surface area contributed by atoms with Crippen molar-refractivity contribution in [2.45, 2.75) is 20.5 Å². The number of rotatable bonds is 3. The number of benzene rings is 2. The minimum Gasteiger partial charge on any atom is -0.485 e. The van der Waals surface area contributed by atoms with Crippen molar-refractivity contribution in [3.8, 4) is 5.75 Å². The highest BCUT2D eigenvalue weighted by atomic mass is 35.5. The molecule has 2 aromatic carbocycles. The summed E-state index contributed by atoms with van der Waals surface area (Å²) in [5, 5.41) is 1.90. The molecule has 0 atom stereocenters. The van der Waals surface area contributed by atoms with Gasteiger partial charge >= 0.3 is 0 Å². The molecule has 0 fully saturated rings. The predicted octanol–water partition coefficient (Wildman–Crippen LogP) is 5.74. The number of aromatic nitrogens is 1. The molecule has 0 aliphatic carbocycles. The third kappa shape index (κ3) is 2.90. The van der Waals surface area contributed by atoms with Crippen LogP contribution in [0.15, 0.2) is 42.5 Å². The number of ether oxygens (including phenoxy) is 1. The zero-order valence-electron chi connectivity index (χ0n) is 12.4. The largest absolute Gasteiger partial charge is 0.485 e. The monoisotopic (exact) mass is 331 g/mol. The summed E-state index contributed by atoms with van der Waals surface area (Å²) in [7, 11) is 0. The van der Waals surface area contributed by atoms with Gasteiger partial charge in [0.05, 0.1) is 10.0 Å². The van der Waals surface area contributed by atoms with E-state index >= 15 is 0 Å². The molecule has 3 aromatic rings. The van der Waals surface area contributed by atoms with Crippen LogP contribution < -0.4 is 4.74 Å². The van der Waals surface area contributed by atoms with Gasteiger partial charge in [0.2, 0.25) is 0 Å². The number of fused-ring (bicyclic) bond motifs is 1. The van der Waals surface area contributed by atoms with Crippen LogP contribution in [-0.2, 0) is 6.61 Å². The molecule has 0 bridgehead atoms. The fourth-order valence-corrected chi connectivity index (χ4v) is 2.92. The fraction of sp³-hybridized carbons (Fsp3) is 0.167. The van der Waals surface area contributed by atoms with Gasteiger partial charge in [-0.25, -0.2) is 4.98 Å². The summed E-state index contributed by atoms with van der Waals surface area (Å²) in [5.41, 5.74) is 3.90. The van der Waals surface area contributed by atoms with Gasteiger partial charge in [-0.2, -0.15) is 0 Å². The lowest BCUT2D eigenvalue weighted by molar-refractivity contribution is 0.309. The molecule has 2 nitrogen and oxygen atoms in total. The van der Waals surface area contributed by atoms with Crippen LogP contribution in [0, 0.1) is 13.8 Å². The van der Waals surface area contributed by atoms with Gasteiger partial charge in [-0.3, -0.25) is 0 Å². The average molecular weight is 332 g/mol. The highest BCUT2D eigenvalue weighted by Crippen LogP contribution is 2.37. The quantitative estimate of drug-likeness (QED) is 0.610. The van der Waals surface area contributed by atoms with Crippen molar-refractivity contribution in [1.29, 1.82) is 0 Å². The van der Waals surface area contributed by atoms with Crippen LogP contribution in [-0.4, -0.2) is 4.98 Å². The van der Waals surface area contributed by atoms with Crippen molar-refractivity contribution < 1.29 is 4.74 Å². The predicted molar refractivity (Wildman–Crippen MR) is 92.0 cm³/mol. The first-order chi connectivity index (χ1) is 10.6. The first kappa shape index (κ1) is 15.1. The number of nitrogens with zero attached hydrogens (tertiary/aromatic N) is 1. The summed E-state index contributed by atoms with van der Waals surface area (Å²) in [6.07, 6.45) is 0. The van der Waals surface area contributed by atoms with E-state index in [4.69, 9.17) is 27.9 Å². The Balaban J connectivity index is 2.03. The molecule has 0 spiro atoms. The second kappa shape index (κ2) is 6.15. The molecule has 0 aliphatic heterocycles. The highest BCUT2D eigenvalue weighted by Gasteiger charge is 2.13. The maximum atomic E-state index is 6.32. The summed E-state index contributed by atoms with van der Waals surface area (Å²) < 4.78 is 5.97. The maximum absolute atomic E-state index is 6.32. The van der Waals surface area contributed by atoms with Crippen LogP contribution >= 0.6 is 23.2 Å². The first-order valence-electron chi connectivity index (χ1n) is 6.99. The van der Waals surface area contributed by atoms with Crippen LogP contribution in [0.25, 0.3) is 10.9 Å². The molecule has 112 valence electrons. The molecule has 1 aromatic heterocycles. The molecule has 1 heterocycles. The van der Waals surface area contributed by atoms with Gasteiger partial charge in [-0.1, -0.05) is 47.5 Å². The number of halogens is 2. The number of pyridine rings is 1. The molecule has 0 unspecified atom stereocenters. The molecule has 0 radical (unpaired) electrons. The Kier molecular flexibility index (Phi) is 4.23. The molecule has 4 heteroatoms. The molecule has 0 saturated heterocycles. The van der Waals surface area contributed by atoms with E-state index in [1.165, 1.54) is 5.56 Å². The Hall–Kier alpha value is -1.77. The van der Waals surface area contributed by atoms with E-state index < -0.39 is 0 Å². The zero-order chi connectivity index (χ0) is 15.7. The van der Waals surface area contributed by atoms with Gasteiger partial charge in [-0.15, -0.1) is 0 Å². The Morgan fingerprint density at radius 2 is 1.77 bits per heavy atom. The molecule has 0 amide bonds. The fourth-order valence-electron chi connectivity index (χ4n) is 2.35. The van der Waals surface area contributed by atoms with E-state index in [2.05, 4.69) is 18.0 Å². The second-order valence-corrected chi connectivity index (χ2v) is 6.05. The Labute approximate surface area is 139 Å². The lowest BCUT2D eigenvalue weighted by atomic mass is 10.1. The van der Waals surface area contributed by atoms with Gasteiger partial charge in [-0.05, 0) is 43.2 Å². The van der Waals surface area contributed by atoms with Gasteiger partial charge in [0.1, 0.15) is 12.1 Å². The van der Waals surface area contributed by atoms with Gasteiger partial charge in [0.25, 0.3) is 0 Å². The van der Waals surface area contributed by atoms with Crippen LogP contribution in [0.3, 0.4) is 0 Å². The van der Waals surface area contributed by atoms with Crippen molar-refractivity contribution in [3.05, 3.63) is 69.3 Å². The topological polar surface area (TPSA) is 22.1 Å². The molecule has 0 saturated carbocycles. The summed E-state index contributed by atoms with van der Waals surface area (Å²) in [4.78, 5) is 4.54. The van der Waals surface area contributed by atoms with Crippen LogP contribution in [0.5, 0.6) is 5.75 Å². The molecule has 22 heavy (non-hydrogen) atoms. The van der Waals surface area contributed by atoms with Gasteiger partial charge in [0, 0.05) is 11.1 Å². The van der Waals surface area contributed by atoms with Crippen LogP contribution in [0.4, 0.5) is 0 Å². The third-order valence-corrected chi connectivity index (χ3v) is 4.20. The third-order valence-electron chi connectivity index (χ3n) is 3.61. The molecular formula is C18H15Cl2NO. The summed E-state index contributed by atoms with van der Waals surface area (Å²) in [5.74, 6) is 0.577. The number of hydrogen-bond donors (Lipinski definition) is 0. The molecule has 0 N–H and O–H groups in total. The Bertz CT molecular complexity index is 846. The van der Waals surface area contributed by atoms with Crippen molar-refractivity contribution in [2.75, 3.05) is 0 Å². The molecular weight excluding hydrogens is 317 g/mol. The van der Waals surface area contributed by atoms with E-state index in [1.54, 1.807) is 6.07 Å². The smallest absolute Gasteiger partial charge is 0.164 e. The van der Waals surface area contributed by atoms with Gasteiger partial charge < -0.3 is 4.74 Å². The SMILES string of the molecule is Cc1ccc2c(Cl)cc(Cl)c(OCc3ccccc3C)c2n1. The minimum absolute atomic E-state index is 0.443. The highest BCUT2D eigenvalue weighted by molar-refractivity contribution is 6.39. The standard InChI is InChI=1S/C18H15Cl2NO/c1-11-5-3-4-6-13(11)10-22-18-16(20)9-15(19)14-8-7-12(2)21-17(14)18/h3-9H,10H2,1-2H3. The minimum atomic E-state index is 0.443. The van der Waals surface area contributed by atoms with Crippen LogP contribution in [0.2, 0.25) is 10.0 Å². The lowest BCUT2D eigenvalue weighted by Gasteiger charge is -2.13. The van der Waals surface area contributed by atoms with Crippen molar-refractivity contribution in [2.24, 2.45) is 0 Å². The molecule has 0 aliphatic rings. The first-order valence-corrected chi connectivity index (χ1v) is 7.74. The summed E-state index contributed by atoms with van der Waals surface area (Å²) >= 11 is 12.6. The van der Waals surface area contributed by atoms with E-state index in [9.17, 15) is 0 Å². The number of hydrogen-bond acceptors (Lipinski definition) is 2. The summed E-state index contributed by atoms with van der Waals surface area (Å²) in [6, 6.07) is 13.7. The van der Waals surface area contributed by atoms with E-state index in [-0.39, 0.29) is 0 Å². The Morgan fingerprint density at radius 1 is 1.00 bits per heavy atom. The van der Waals surface area contributed by atoms with Crippen molar-refractivity contribution >= 4 is 34.1 Å². The normalized spacial score (nSPS) is 10.9. The zero-order valence-corrected chi connectivity index (χ0v) is 13.9. The lowest BCUT2D eigenvalue weighted by Crippen LogP contribution is -2.00. The Morgan fingerprint density at radius 3 is 2.55 bits per heavy atom. The van der Waals surface area contributed by atoms with E-state index in [1.807, 2.05) is 37.3 Å². The van der Waals surface area contributed by atoms with Gasteiger partial charge in [0.15, 0.2) is 5.75 Å². The average Bonchev–Trinajstić information content (AvgIpc) is 2.48. The second-order valence-electron chi connectivity index (χ2n) is 5.23. The van der Waals surface area contributed by atoms with Crippen molar-refractivity contribution in [3.63, 3.8) is 0 Å². The van der Waals surface area contributed by atoms with Crippen molar-refractivity contribution in [1.82, 2.24) is 4.98 Å². The summed E-state index contributed by atoms with van der Waals surface area (Å²) in [6.45, 7) is 4.43. The van der Waals surface area contributed by atoms with E-state index in [0.29, 0.717) is 27.9 Å². The molecule has 3 rings (SSSR count). The van der Waals surface area contributed by atoms with Crippen LogP contribution in [0.1, 0.15) is 16.8 Å². The maximum Gasteiger partial charge on any atom is 0.164 e. The number of aryl methyl sites for hydroxylation is 2. The van der Waals surface area contributed by atoms with E-state index in [0.717, 1.165) is 16.6 Å².